The first kappa shape index (κ1) is 12.3. The van der Waals surface area contributed by atoms with Crippen molar-refractivity contribution in [2.75, 3.05) is 19.5 Å². The molecule has 0 aliphatic rings. The Kier molecular flexibility index (Phi) is 3.05. The van der Waals surface area contributed by atoms with E-state index < -0.39 is 5.60 Å². The summed E-state index contributed by atoms with van der Waals surface area (Å²) in [6.07, 6.45) is 0. The smallest absolute Gasteiger partial charge is 0.163 e. The van der Waals surface area contributed by atoms with Crippen molar-refractivity contribution in [3.8, 4) is 0 Å². The number of rotatable bonds is 3. The Morgan fingerprint density at radius 2 is 2.06 bits per heavy atom. The SMILES string of the molecule is CNc1nc(C(C)(C)OC)nc2sc(C)cc12. The maximum absolute atomic E-state index is 5.43. The van der Waals surface area contributed by atoms with Crippen LogP contribution in [0.1, 0.15) is 24.5 Å². The topological polar surface area (TPSA) is 47.0 Å². The Labute approximate surface area is 105 Å². The van der Waals surface area contributed by atoms with Gasteiger partial charge < -0.3 is 10.1 Å². The molecule has 1 N–H and O–H groups in total. The molecule has 92 valence electrons. The summed E-state index contributed by atoms with van der Waals surface area (Å²) in [5, 5.41) is 4.19. The van der Waals surface area contributed by atoms with Gasteiger partial charge in [0.05, 0.1) is 5.39 Å². The predicted molar refractivity (Wildman–Crippen MR) is 71.7 cm³/mol. The molecule has 0 aliphatic carbocycles. The monoisotopic (exact) mass is 251 g/mol. The molecule has 17 heavy (non-hydrogen) atoms. The second-order valence-electron chi connectivity index (χ2n) is 4.44. The number of nitrogens with one attached hydrogen (secondary N) is 1. The molecule has 2 heterocycles. The van der Waals surface area contributed by atoms with E-state index in [0.29, 0.717) is 5.82 Å². The van der Waals surface area contributed by atoms with Gasteiger partial charge in [-0.3, -0.25) is 0 Å². The summed E-state index contributed by atoms with van der Waals surface area (Å²) < 4.78 is 5.43. The van der Waals surface area contributed by atoms with Gasteiger partial charge in [0, 0.05) is 19.0 Å². The maximum Gasteiger partial charge on any atom is 0.163 e. The molecule has 0 saturated carbocycles. The van der Waals surface area contributed by atoms with Crippen molar-refractivity contribution in [1.29, 1.82) is 0 Å². The lowest BCUT2D eigenvalue weighted by molar-refractivity contribution is 0.0119. The summed E-state index contributed by atoms with van der Waals surface area (Å²) in [5.74, 6) is 1.57. The number of fused-ring (bicyclic) bond motifs is 1. The molecular weight excluding hydrogens is 234 g/mol. The van der Waals surface area contributed by atoms with Gasteiger partial charge in [0.15, 0.2) is 5.82 Å². The van der Waals surface area contributed by atoms with Crippen LogP contribution in [0.4, 0.5) is 5.82 Å². The summed E-state index contributed by atoms with van der Waals surface area (Å²) in [5.41, 5.74) is -0.475. The Morgan fingerprint density at radius 1 is 1.35 bits per heavy atom. The van der Waals surface area contributed by atoms with Crippen LogP contribution >= 0.6 is 11.3 Å². The standard InChI is InChI=1S/C12H17N3OS/c1-7-6-8-9(13-4)14-11(12(2,3)16-5)15-10(8)17-7/h6H,1-5H3,(H,13,14,15). The minimum Gasteiger partial charge on any atom is -0.372 e. The zero-order valence-electron chi connectivity index (χ0n) is 10.8. The van der Waals surface area contributed by atoms with Crippen LogP contribution in [0.2, 0.25) is 0 Å². The molecule has 2 rings (SSSR count). The normalized spacial score (nSPS) is 12.1. The largest absolute Gasteiger partial charge is 0.372 e. The van der Waals surface area contributed by atoms with Gasteiger partial charge in [-0.25, -0.2) is 9.97 Å². The van der Waals surface area contributed by atoms with Crippen molar-refractivity contribution in [1.82, 2.24) is 9.97 Å². The van der Waals surface area contributed by atoms with Gasteiger partial charge in [-0.05, 0) is 26.8 Å². The average Bonchev–Trinajstić information content (AvgIpc) is 2.67. The van der Waals surface area contributed by atoms with E-state index in [9.17, 15) is 0 Å². The zero-order chi connectivity index (χ0) is 12.6. The van der Waals surface area contributed by atoms with Crippen molar-refractivity contribution in [2.24, 2.45) is 0 Å². The molecule has 5 heteroatoms. The zero-order valence-corrected chi connectivity index (χ0v) is 11.6. The van der Waals surface area contributed by atoms with Gasteiger partial charge in [-0.15, -0.1) is 11.3 Å². The Hall–Kier alpha value is -1.20. The van der Waals surface area contributed by atoms with Gasteiger partial charge in [-0.1, -0.05) is 0 Å². The molecular formula is C12H17N3OS. The van der Waals surface area contributed by atoms with E-state index in [1.165, 1.54) is 4.88 Å². The van der Waals surface area contributed by atoms with Crippen LogP contribution in [-0.4, -0.2) is 24.1 Å². The van der Waals surface area contributed by atoms with Crippen LogP contribution in [0.25, 0.3) is 10.2 Å². The van der Waals surface area contributed by atoms with E-state index >= 15 is 0 Å². The summed E-state index contributed by atoms with van der Waals surface area (Å²) in [6, 6.07) is 2.11. The lowest BCUT2D eigenvalue weighted by Gasteiger charge is -2.21. The quantitative estimate of drug-likeness (QED) is 0.911. The molecule has 0 saturated heterocycles. The summed E-state index contributed by atoms with van der Waals surface area (Å²) in [6.45, 7) is 6.01. The highest BCUT2D eigenvalue weighted by atomic mass is 32.1. The molecule has 2 aromatic heterocycles. The molecule has 0 atom stereocenters. The Balaban J connectivity index is 2.68. The molecule has 0 fully saturated rings. The minimum absolute atomic E-state index is 0.475. The number of nitrogens with zero attached hydrogens (tertiary/aromatic N) is 2. The van der Waals surface area contributed by atoms with E-state index in [4.69, 9.17) is 4.74 Å². The van der Waals surface area contributed by atoms with E-state index in [0.717, 1.165) is 16.0 Å². The van der Waals surface area contributed by atoms with E-state index in [-0.39, 0.29) is 0 Å². The van der Waals surface area contributed by atoms with Gasteiger partial charge in [0.25, 0.3) is 0 Å². The van der Waals surface area contributed by atoms with E-state index in [1.54, 1.807) is 18.4 Å². The highest BCUT2D eigenvalue weighted by molar-refractivity contribution is 7.18. The van der Waals surface area contributed by atoms with E-state index in [2.05, 4.69) is 28.3 Å². The first-order valence-corrected chi connectivity index (χ1v) is 6.31. The predicted octanol–water partition coefficient (Wildman–Crippen LogP) is 2.92. The van der Waals surface area contributed by atoms with Crippen molar-refractivity contribution >= 4 is 27.4 Å². The molecule has 0 aromatic carbocycles. The van der Waals surface area contributed by atoms with E-state index in [1.807, 2.05) is 20.9 Å². The number of hydrogen-bond acceptors (Lipinski definition) is 5. The Morgan fingerprint density at radius 3 is 2.65 bits per heavy atom. The number of methoxy groups -OCH3 is 1. The number of thiophene rings is 1. The van der Waals surface area contributed by atoms with Crippen LogP contribution < -0.4 is 5.32 Å². The maximum atomic E-state index is 5.43. The highest BCUT2D eigenvalue weighted by Gasteiger charge is 2.25. The lowest BCUT2D eigenvalue weighted by Crippen LogP contribution is -2.23. The van der Waals surface area contributed by atoms with Crippen LogP contribution in [-0.2, 0) is 10.3 Å². The molecule has 0 unspecified atom stereocenters. The minimum atomic E-state index is -0.475. The molecule has 0 spiro atoms. The van der Waals surface area contributed by atoms with Crippen LogP contribution in [0.5, 0.6) is 0 Å². The third-order valence-corrected chi connectivity index (χ3v) is 3.75. The number of anilines is 1. The lowest BCUT2D eigenvalue weighted by atomic mass is 10.1. The van der Waals surface area contributed by atoms with Crippen molar-refractivity contribution < 1.29 is 4.74 Å². The van der Waals surface area contributed by atoms with Crippen molar-refractivity contribution in [2.45, 2.75) is 26.4 Å². The number of aryl methyl sites for hydroxylation is 1. The van der Waals surface area contributed by atoms with Crippen molar-refractivity contribution in [3.05, 3.63) is 16.8 Å². The number of ether oxygens (including phenoxy) is 1. The van der Waals surface area contributed by atoms with Crippen LogP contribution in [0.15, 0.2) is 6.07 Å². The Bertz CT molecular complexity index is 548. The van der Waals surface area contributed by atoms with Gasteiger partial charge in [0.1, 0.15) is 16.2 Å². The molecule has 0 aliphatic heterocycles. The summed E-state index contributed by atoms with van der Waals surface area (Å²) in [4.78, 5) is 11.4. The first-order chi connectivity index (χ1) is 7.97. The fourth-order valence-electron chi connectivity index (χ4n) is 1.59. The molecule has 4 nitrogen and oxygen atoms in total. The summed E-state index contributed by atoms with van der Waals surface area (Å²) >= 11 is 1.68. The third-order valence-electron chi connectivity index (χ3n) is 2.80. The number of aromatic nitrogens is 2. The first-order valence-electron chi connectivity index (χ1n) is 5.49. The fourth-order valence-corrected chi connectivity index (χ4v) is 2.47. The second-order valence-corrected chi connectivity index (χ2v) is 5.67. The fraction of sp³-hybridized carbons (Fsp3) is 0.500. The van der Waals surface area contributed by atoms with Gasteiger partial charge in [-0.2, -0.15) is 0 Å². The van der Waals surface area contributed by atoms with Gasteiger partial charge in [0.2, 0.25) is 0 Å². The highest BCUT2D eigenvalue weighted by Crippen LogP contribution is 2.31. The van der Waals surface area contributed by atoms with Crippen LogP contribution in [0, 0.1) is 6.92 Å². The molecule has 2 aromatic rings. The average molecular weight is 251 g/mol. The summed E-state index contributed by atoms with van der Waals surface area (Å²) in [7, 11) is 3.55. The van der Waals surface area contributed by atoms with Crippen molar-refractivity contribution in [3.63, 3.8) is 0 Å². The third kappa shape index (κ3) is 2.12. The molecule has 0 bridgehead atoms. The molecule has 0 amide bonds. The molecule has 0 radical (unpaired) electrons. The number of hydrogen-bond donors (Lipinski definition) is 1. The second kappa shape index (κ2) is 4.23. The van der Waals surface area contributed by atoms with Gasteiger partial charge >= 0.3 is 0 Å². The van der Waals surface area contributed by atoms with Crippen LogP contribution in [0.3, 0.4) is 0 Å².